The third kappa shape index (κ3) is 1.64. The summed E-state index contributed by atoms with van der Waals surface area (Å²) in [5.41, 5.74) is 0.227. The molecule has 0 aliphatic carbocycles. The fourth-order valence-corrected chi connectivity index (χ4v) is 1.76. The molecule has 2 aromatic heterocycles. The van der Waals surface area contributed by atoms with Crippen LogP contribution in [0.15, 0.2) is 36.8 Å². The third-order valence-electron chi connectivity index (χ3n) is 2.56. The minimum Gasteiger partial charge on any atom is -0.342 e. The van der Waals surface area contributed by atoms with Gasteiger partial charge in [0.05, 0.1) is 23.8 Å². The number of halogens is 3. The molecule has 92 valence electrons. The molecule has 0 aliphatic rings. The maximum absolute atomic E-state index is 12.9. The zero-order chi connectivity index (χ0) is 12.8. The Balaban J connectivity index is 2.20. The molecule has 7 heteroatoms. The predicted octanol–water partition coefficient (Wildman–Crippen LogP) is 2.77. The second-order valence-corrected chi connectivity index (χ2v) is 3.73. The number of nitrogens with one attached hydrogen (secondary N) is 1. The number of alkyl halides is 3. The van der Waals surface area contributed by atoms with E-state index in [0.717, 1.165) is 6.07 Å². The summed E-state index contributed by atoms with van der Waals surface area (Å²) < 4.78 is 39.7. The van der Waals surface area contributed by atoms with E-state index in [0.29, 0.717) is 11.2 Å². The van der Waals surface area contributed by atoms with Gasteiger partial charge < -0.3 is 4.98 Å². The van der Waals surface area contributed by atoms with E-state index in [1.165, 1.54) is 35.4 Å². The molecule has 0 spiro atoms. The van der Waals surface area contributed by atoms with Gasteiger partial charge in [-0.25, -0.2) is 9.67 Å². The number of aromatic amines is 1. The zero-order valence-corrected chi connectivity index (χ0v) is 8.94. The number of nitrogens with zero attached hydrogens (tertiary/aromatic N) is 3. The van der Waals surface area contributed by atoms with Gasteiger partial charge in [0.2, 0.25) is 0 Å². The lowest BCUT2D eigenvalue weighted by Gasteiger charge is -2.11. The number of fused-ring (bicyclic) bond motifs is 1. The summed E-state index contributed by atoms with van der Waals surface area (Å²) in [5.74, 6) is 0. The summed E-state index contributed by atoms with van der Waals surface area (Å²) in [5, 5.41) is 3.99. The molecule has 0 unspecified atom stereocenters. The first-order valence-electron chi connectivity index (χ1n) is 5.11. The molecule has 3 aromatic rings. The summed E-state index contributed by atoms with van der Waals surface area (Å²) >= 11 is 0. The monoisotopic (exact) mass is 252 g/mol. The summed E-state index contributed by atoms with van der Waals surface area (Å²) in [6.07, 6.45) is -1.49. The first-order chi connectivity index (χ1) is 8.55. The van der Waals surface area contributed by atoms with Crippen LogP contribution in [0.2, 0.25) is 0 Å². The SMILES string of the molecule is FC(F)(F)c1ccccc1-n1cc2[nH]cnc2n1. The van der Waals surface area contributed by atoms with Crippen molar-refractivity contribution in [3.05, 3.63) is 42.4 Å². The lowest BCUT2D eigenvalue weighted by molar-refractivity contribution is -0.137. The van der Waals surface area contributed by atoms with Crippen molar-refractivity contribution in [2.45, 2.75) is 6.18 Å². The number of hydrogen-bond acceptors (Lipinski definition) is 2. The van der Waals surface area contributed by atoms with Crippen molar-refractivity contribution in [1.82, 2.24) is 19.7 Å². The molecule has 0 saturated carbocycles. The summed E-state index contributed by atoms with van der Waals surface area (Å²) in [6.45, 7) is 0. The van der Waals surface area contributed by atoms with Crippen LogP contribution in [0.3, 0.4) is 0 Å². The first kappa shape index (κ1) is 10.8. The lowest BCUT2D eigenvalue weighted by atomic mass is 10.2. The van der Waals surface area contributed by atoms with Gasteiger partial charge in [0.25, 0.3) is 0 Å². The first-order valence-corrected chi connectivity index (χ1v) is 5.11. The van der Waals surface area contributed by atoms with Crippen LogP contribution in [0.25, 0.3) is 16.9 Å². The van der Waals surface area contributed by atoms with E-state index in [1.54, 1.807) is 0 Å². The van der Waals surface area contributed by atoms with Crippen LogP contribution in [-0.2, 0) is 6.18 Å². The van der Waals surface area contributed by atoms with Crippen LogP contribution in [-0.4, -0.2) is 19.7 Å². The van der Waals surface area contributed by atoms with Gasteiger partial charge in [-0.05, 0) is 12.1 Å². The quantitative estimate of drug-likeness (QED) is 0.723. The van der Waals surface area contributed by atoms with Crippen LogP contribution in [0, 0.1) is 0 Å². The highest BCUT2D eigenvalue weighted by Crippen LogP contribution is 2.33. The van der Waals surface area contributed by atoms with Crippen molar-refractivity contribution < 1.29 is 13.2 Å². The summed E-state index contributed by atoms with van der Waals surface area (Å²) in [6, 6.07) is 5.28. The maximum Gasteiger partial charge on any atom is 0.418 e. The van der Waals surface area contributed by atoms with Crippen LogP contribution in [0.1, 0.15) is 5.56 Å². The molecule has 18 heavy (non-hydrogen) atoms. The molecule has 0 atom stereocenters. The average molecular weight is 252 g/mol. The Hall–Kier alpha value is -2.31. The second-order valence-electron chi connectivity index (χ2n) is 3.73. The minimum atomic E-state index is -4.41. The molecule has 1 aromatic carbocycles. The molecule has 1 N–H and O–H groups in total. The fraction of sp³-hybridized carbons (Fsp3) is 0.0909. The number of benzene rings is 1. The van der Waals surface area contributed by atoms with Gasteiger partial charge >= 0.3 is 6.18 Å². The van der Waals surface area contributed by atoms with Crippen molar-refractivity contribution in [1.29, 1.82) is 0 Å². The van der Waals surface area contributed by atoms with Crippen LogP contribution >= 0.6 is 0 Å². The number of imidazole rings is 1. The van der Waals surface area contributed by atoms with Gasteiger partial charge in [-0.15, -0.1) is 5.10 Å². The highest BCUT2D eigenvalue weighted by Gasteiger charge is 2.33. The van der Waals surface area contributed by atoms with Gasteiger partial charge in [0, 0.05) is 0 Å². The lowest BCUT2D eigenvalue weighted by Crippen LogP contribution is -2.10. The molecule has 0 bridgehead atoms. The molecule has 0 amide bonds. The van der Waals surface area contributed by atoms with Crippen LogP contribution < -0.4 is 0 Å². The summed E-state index contributed by atoms with van der Waals surface area (Å²) in [4.78, 5) is 6.68. The largest absolute Gasteiger partial charge is 0.418 e. The Kier molecular flexibility index (Phi) is 2.16. The van der Waals surface area contributed by atoms with E-state index in [4.69, 9.17) is 0 Å². The zero-order valence-electron chi connectivity index (χ0n) is 8.94. The average Bonchev–Trinajstić information content (AvgIpc) is 2.87. The van der Waals surface area contributed by atoms with Gasteiger partial charge in [0.15, 0.2) is 5.65 Å². The number of aromatic nitrogens is 4. The highest BCUT2D eigenvalue weighted by atomic mass is 19.4. The van der Waals surface area contributed by atoms with E-state index in [-0.39, 0.29) is 5.69 Å². The summed E-state index contributed by atoms with van der Waals surface area (Å²) in [7, 11) is 0. The second kappa shape index (κ2) is 3.59. The van der Waals surface area contributed by atoms with Crippen LogP contribution in [0.4, 0.5) is 13.2 Å². The molecule has 0 fully saturated rings. The topological polar surface area (TPSA) is 46.5 Å². The number of hydrogen-bond donors (Lipinski definition) is 1. The smallest absolute Gasteiger partial charge is 0.342 e. The molecule has 4 nitrogen and oxygen atoms in total. The highest BCUT2D eigenvalue weighted by molar-refractivity contribution is 5.69. The van der Waals surface area contributed by atoms with E-state index in [1.807, 2.05) is 0 Å². The van der Waals surface area contributed by atoms with E-state index in [2.05, 4.69) is 15.1 Å². The van der Waals surface area contributed by atoms with Gasteiger partial charge in [-0.2, -0.15) is 13.2 Å². The molecule has 3 rings (SSSR count). The molecule has 0 radical (unpaired) electrons. The minimum absolute atomic E-state index is 0.0172. The fourth-order valence-electron chi connectivity index (χ4n) is 1.76. The van der Waals surface area contributed by atoms with E-state index in [9.17, 15) is 13.2 Å². The van der Waals surface area contributed by atoms with Crippen molar-refractivity contribution in [3.8, 4) is 5.69 Å². The number of rotatable bonds is 1. The van der Waals surface area contributed by atoms with Crippen molar-refractivity contribution in [2.24, 2.45) is 0 Å². The van der Waals surface area contributed by atoms with Gasteiger partial charge in [0.1, 0.15) is 5.52 Å². The molecule has 0 saturated heterocycles. The normalized spacial score (nSPS) is 12.2. The predicted molar refractivity (Wildman–Crippen MR) is 58.2 cm³/mol. The van der Waals surface area contributed by atoms with Gasteiger partial charge in [-0.1, -0.05) is 12.1 Å². The van der Waals surface area contributed by atoms with Crippen molar-refractivity contribution in [2.75, 3.05) is 0 Å². The Morgan fingerprint density at radius 1 is 1.17 bits per heavy atom. The molecule has 2 heterocycles. The number of H-pyrrole nitrogens is 1. The van der Waals surface area contributed by atoms with Crippen molar-refractivity contribution in [3.63, 3.8) is 0 Å². The molecule has 0 aliphatic heterocycles. The Morgan fingerprint density at radius 2 is 1.94 bits per heavy atom. The number of para-hydroxylation sites is 1. The standard InChI is InChI=1S/C11H7F3N4/c12-11(13,14)7-3-1-2-4-9(7)18-5-8-10(17-18)16-6-15-8/h1-6H,(H,15,16,17). The van der Waals surface area contributed by atoms with E-state index >= 15 is 0 Å². The third-order valence-corrected chi connectivity index (χ3v) is 2.56. The molecular formula is C11H7F3N4. The maximum atomic E-state index is 12.9. The van der Waals surface area contributed by atoms with E-state index < -0.39 is 11.7 Å². The Labute approximate surface area is 99.1 Å². The molecular weight excluding hydrogens is 245 g/mol. The Morgan fingerprint density at radius 3 is 2.67 bits per heavy atom. The van der Waals surface area contributed by atoms with Crippen LogP contribution in [0.5, 0.6) is 0 Å². The van der Waals surface area contributed by atoms with Gasteiger partial charge in [-0.3, -0.25) is 0 Å². The Bertz CT molecular complexity index is 667. The van der Waals surface area contributed by atoms with Crippen molar-refractivity contribution >= 4 is 11.2 Å².